The first-order chi connectivity index (χ1) is 11.1. The molecule has 1 aliphatic heterocycles. The van der Waals surface area contributed by atoms with Gasteiger partial charge in [-0.1, -0.05) is 23.4 Å². The molecule has 8 nitrogen and oxygen atoms in total. The second-order valence-corrected chi connectivity index (χ2v) is 5.52. The fourth-order valence-electron chi connectivity index (χ4n) is 2.58. The lowest BCUT2D eigenvalue weighted by Crippen LogP contribution is -2.34. The van der Waals surface area contributed by atoms with E-state index in [4.69, 9.17) is 0 Å². The van der Waals surface area contributed by atoms with Crippen molar-refractivity contribution in [2.75, 3.05) is 23.3 Å². The number of aryl methyl sites for hydroxylation is 1. The quantitative estimate of drug-likeness (QED) is 0.880. The van der Waals surface area contributed by atoms with Gasteiger partial charge >= 0.3 is 6.03 Å². The van der Waals surface area contributed by atoms with Crippen LogP contribution in [0.4, 0.5) is 16.3 Å². The molecule has 1 unspecified atom stereocenters. The van der Waals surface area contributed by atoms with Crippen molar-refractivity contribution in [1.29, 1.82) is 0 Å². The second-order valence-electron chi connectivity index (χ2n) is 5.52. The topological polar surface area (TPSA) is 92.2 Å². The molecular formula is C15H18N6O2. The Hall–Kier alpha value is -2.90. The number of anilines is 2. The third kappa shape index (κ3) is 3.65. The lowest BCUT2D eigenvalue weighted by Gasteiger charge is -2.16. The number of para-hydroxylation sites is 1. The van der Waals surface area contributed by atoms with Crippen molar-refractivity contribution in [1.82, 2.24) is 20.3 Å². The number of carbonyl (C=O) groups excluding carboxylic acids is 2. The average molecular weight is 314 g/mol. The van der Waals surface area contributed by atoms with Crippen LogP contribution in [0.3, 0.4) is 0 Å². The summed E-state index contributed by atoms with van der Waals surface area (Å²) >= 11 is 0. The lowest BCUT2D eigenvalue weighted by atomic mass is 10.1. The number of hydrogen-bond acceptors (Lipinski definition) is 4. The molecule has 0 saturated carbocycles. The minimum Gasteiger partial charge on any atom is -0.337 e. The molecule has 0 spiro atoms. The third-order valence-corrected chi connectivity index (χ3v) is 3.67. The van der Waals surface area contributed by atoms with Crippen LogP contribution in [0.1, 0.15) is 6.42 Å². The van der Waals surface area contributed by atoms with Gasteiger partial charge in [0.1, 0.15) is 0 Å². The van der Waals surface area contributed by atoms with Crippen LogP contribution in [-0.2, 0) is 11.8 Å². The minimum atomic E-state index is -0.351. The maximum absolute atomic E-state index is 12.1. The molecule has 1 fully saturated rings. The number of urea groups is 1. The highest BCUT2D eigenvalue weighted by Crippen LogP contribution is 2.24. The van der Waals surface area contributed by atoms with Crippen molar-refractivity contribution >= 4 is 23.4 Å². The normalized spacial score (nSPS) is 17.3. The fraction of sp³-hybridized carbons (Fsp3) is 0.333. The van der Waals surface area contributed by atoms with Gasteiger partial charge in [-0.25, -0.2) is 4.79 Å². The predicted octanol–water partition coefficient (Wildman–Crippen LogP) is 0.990. The second kappa shape index (κ2) is 6.47. The van der Waals surface area contributed by atoms with Crippen molar-refractivity contribution in [3.63, 3.8) is 0 Å². The Balaban J connectivity index is 1.50. The smallest absolute Gasteiger partial charge is 0.320 e. The van der Waals surface area contributed by atoms with Crippen LogP contribution in [0.25, 0.3) is 0 Å². The summed E-state index contributed by atoms with van der Waals surface area (Å²) in [6, 6.07) is 9.20. The van der Waals surface area contributed by atoms with E-state index in [1.54, 1.807) is 18.1 Å². The molecule has 1 aliphatic rings. The standard InChI is InChI=1S/C15H18N6O2/c1-20-10-13(18-19-20)17-15(23)16-8-11-7-14(22)21(9-11)12-5-3-2-4-6-12/h2-6,10-11H,7-9H2,1H3,(H2,16,17,23). The highest BCUT2D eigenvalue weighted by atomic mass is 16.2. The van der Waals surface area contributed by atoms with Gasteiger partial charge in [-0.05, 0) is 12.1 Å². The number of nitrogens with zero attached hydrogens (tertiary/aromatic N) is 4. The lowest BCUT2D eigenvalue weighted by molar-refractivity contribution is -0.117. The van der Waals surface area contributed by atoms with E-state index in [0.717, 1.165) is 5.69 Å². The van der Waals surface area contributed by atoms with Crippen molar-refractivity contribution in [3.8, 4) is 0 Å². The van der Waals surface area contributed by atoms with Crippen LogP contribution in [-0.4, -0.2) is 40.0 Å². The summed E-state index contributed by atoms with van der Waals surface area (Å²) in [5, 5.41) is 12.9. The van der Waals surface area contributed by atoms with Gasteiger partial charge in [0.2, 0.25) is 5.91 Å². The molecule has 0 aliphatic carbocycles. The highest BCUT2D eigenvalue weighted by Gasteiger charge is 2.30. The van der Waals surface area contributed by atoms with Crippen LogP contribution >= 0.6 is 0 Å². The number of benzene rings is 1. The number of hydrogen-bond donors (Lipinski definition) is 2. The van der Waals surface area contributed by atoms with E-state index in [-0.39, 0.29) is 17.9 Å². The summed E-state index contributed by atoms with van der Waals surface area (Å²) in [5.74, 6) is 0.561. The molecule has 23 heavy (non-hydrogen) atoms. The Morgan fingerprint density at radius 2 is 2.13 bits per heavy atom. The summed E-state index contributed by atoms with van der Waals surface area (Å²) in [6.07, 6.45) is 2.04. The summed E-state index contributed by atoms with van der Waals surface area (Å²) in [5.41, 5.74) is 0.893. The maximum Gasteiger partial charge on any atom is 0.320 e. The van der Waals surface area contributed by atoms with Gasteiger partial charge in [-0.3, -0.25) is 14.8 Å². The van der Waals surface area contributed by atoms with Gasteiger partial charge in [0, 0.05) is 38.2 Å². The molecule has 2 heterocycles. The molecule has 1 aromatic carbocycles. The predicted molar refractivity (Wildman–Crippen MR) is 84.9 cm³/mol. The highest BCUT2D eigenvalue weighted by molar-refractivity contribution is 5.95. The summed E-state index contributed by atoms with van der Waals surface area (Å²) in [4.78, 5) is 25.7. The van der Waals surface area contributed by atoms with Gasteiger partial charge < -0.3 is 10.2 Å². The van der Waals surface area contributed by atoms with Crippen molar-refractivity contribution in [2.24, 2.45) is 13.0 Å². The third-order valence-electron chi connectivity index (χ3n) is 3.67. The van der Waals surface area contributed by atoms with Crippen molar-refractivity contribution < 1.29 is 9.59 Å². The molecular weight excluding hydrogens is 296 g/mol. The molecule has 2 aromatic rings. The first-order valence-corrected chi connectivity index (χ1v) is 7.38. The molecule has 3 amide bonds. The van der Waals surface area contributed by atoms with E-state index >= 15 is 0 Å². The summed E-state index contributed by atoms with van der Waals surface area (Å²) in [7, 11) is 1.72. The first-order valence-electron chi connectivity index (χ1n) is 7.38. The summed E-state index contributed by atoms with van der Waals surface area (Å²) in [6.45, 7) is 1.04. The number of aromatic nitrogens is 3. The monoisotopic (exact) mass is 314 g/mol. The van der Waals surface area contributed by atoms with E-state index in [0.29, 0.717) is 25.3 Å². The van der Waals surface area contributed by atoms with Gasteiger partial charge in [0.25, 0.3) is 0 Å². The van der Waals surface area contributed by atoms with E-state index in [1.807, 2.05) is 30.3 Å². The molecule has 2 N–H and O–H groups in total. The Morgan fingerprint density at radius 1 is 1.35 bits per heavy atom. The molecule has 8 heteroatoms. The molecule has 0 bridgehead atoms. The number of carbonyl (C=O) groups is 2. The molecule has 0 radical (unpaired) electrons. The van der Waals surface area contributed by atoms with Crippen LogP contribution in [0.15, 0.2) is 36.5 Å². The zero-order chi connectivity index (χ0) is 16.2. The van der Waals surface area contributed by atoms with E-state index in [9.17, 15) is 9.59 Å². The molecule has 1 saturated heterocycles. The Labute approximate surface area is 133 Å². The Morgan fingerprint density at radius 3 is 2.83 bits per heavy atom. The van der Waals surface area contributed by atoms with Gasteiger partial charge in [-0.15, -0.1) is 5.10 Å². The van der Waals surface area contributed by atoms with Crippen LogP contribution in [0, 0.1) is 5.92 Å². The fourth-order valence-corrected chi connectivity index (χ4v) is 2.58. The molecule has 3 rings (SSSR count). The number of nitrogens with one attached hydrogen (secondary N) is 2. The molecule has 1 aromatic heterocycles. The largest absolute Gasteiger partial charge is 0.337 e. The minimum absolute atomic E-state index is 0.0809. The zero-order valence-electron chi connectivity index (χ0n) is 12.8. The van der Waals surface area contributed by atoms with Gasteiger partial charge in [0.05, 0.1) is 6.20 Å². The molecule has 120 valence electrons. The van der Waals surface area contributed by atoms with Crippen molar-refractivity contribution in [3.05, 3.63) is 36.5 Å². The zero-order valence-corrected chi connectivity index (χ0v) is 12.8. The summed E-state index contributed by atoms with van der Waals surface area (Å²) < 4.78 is 1.50. The van der Waals surface area contributed by atoms with Crippen LogP contribution in [0.5, 0.6) is 0 Å². The van der Waals surface area contributed by atoms with Gasteiger partial charge in [-0.2, -0.15) is 0 Å². The van der Waals surface area contributed by atoms with Gasteiger partial charge in [0.15, 0.2) is 5.82 Å². The number of rotatable bonds is 4. The number of amides is 3. The Bertz CT molecular complexity index is 699. The van der Waals surface area contributed by atoms with E-state index in [1.165, 1.54) is 4.68 Å². The average Bonchev–Trinajstić information content (AvgIpc) is 3.12. The molecule has 1 atom stereocenters. The SMILES string of the molecule is Cn1cc(NC(=O)NCC2CC(=O)N(c3ccccc3)C2)nn1. The van der Waals surface area contributed by atoms with E-state index in [2.05, 4.69) is 20.9 Å². The van der Waals surface area contributed by atoms with E-state index < -0.39 is 0 Å². The van der Waals surface area contributed by atoms with Crippen molar-refractivity contribution in [2.45, 2.75) is 6.42 Å². The van der Waals surface area contributed by atoms with Crippen LogP contribution < -0.4 is 15.5 Å². The van der Waals surface area contributed by atoms with Crippen LogP contribution in [0.2, 0.25) is 0 Å². The maximum atomic E-state index is 12.1. The Kier molecular flexibility index (Phi) is 4.22. The first kappa shape index (κ1) is 15.0.